The first-order chi connectivity index (χ1) is 9.99. The van der Waals surface area contributed by atoms with Gasteiger partial charge in [-0.05, 0) is 12.8 Å². The Morgan fingerprint density at radius 1 is 1.33 bits per heavy atom. The van der Waals surface area contributed by atoms with Crippen LogP contribution in [0.4, 0.5) is 8.78 Å². The summed E-state index contributed by atoms with van der Waals surface area (Å²) in [7, 11) is 0. The van der Waals surface area contributed by atoms with Gasteiger partial charge in [0.05, 0.1) is 12.1 Å². The molecule has 0 bridgehead atoms. The molecule has 0 spiro atoms. The molecule has 6 nitrogen and oxygen atoms in total. The van der Waals surface area contributed by atoms with E-state index in [1.807, 2.05) is 4.90 Å². The standard InChI is InChI=1S/C13H19F2N5O/c14-12(15)20-4-3-17-10(20)9-18-5-7-19(8-6-18)11(21)13(16)1-2-13/h3-4,12H,1-2,5-9,16H2. The highest BCUT2D eigenvalue weighted by Gasteiger charge is 2.48. The Morgan fingerprint density at radius 2 is 2.00 bits per heavy atom. The van der Waals surface area contributed by atoms with Gasteiger partial charge in [0, 0.05) is 38.6 Å². The fourth-order valence-electron chi connectivity index (χ4n) is 2.62. The fraction of sp³-hybridized carbons (Fsp3) is 0.692. The smallest absolute Gasteiger partial charge is 0.319 e. The number of nitrogens with two attached hydrogens (primary N) is 1. The maximum atomic E-state index is 12.8. The first-order valence-corrected chi connectivity index (χ1v) is 7.10. The monoisotopic (exact) mass is 299 g/mol. The van der Waals surface area contributed by atoms with Crippen molar-refractivity contribution in [3.63, 3.8) is 0 Å². The summed E-state index contributed by atoms with van der Waals surface area (Å²) in [5.41, 5.74) is 5.29. The summed E-state index contributed by atoms with van der Waals surface area (Å²) < 4.78 is 26.4. The molecule has 0 atom stereocenters. The lowest BCUT2D eigenvalue weighted by molar-refractivity contribution is -0.135. The molecule has 0 unspecified atom stereocenters. The van der Waals surface area contributed by atoms with Gasteiger partial charge >= 0.3 is 6.55 Å². The highest BCUT2D eigenvalue weighted by Crippen LogP contribution is 2.34. The van der Waals surface area contributed by atoms with Crippen LogP contribution in [-0.2, 0) is 11.3 Å². The molecule has 21 heavy (non-hydrogen) atoms. The maximum absolute atomic E-state index is 12.8. The Kier molecular flexibility index (Phi) is 3.66. The van der Waals surface area contributed by atoms with Crippen LogP contribution >= 0.6 is 0 Å². The number of nitrogens with zero attached hydrogens (tertiary/aromatic N) is 4. The van der Waals surface area contributed by atoms with E-state index in [-0.39, 0.29) is 5.91 Å². The van der Waals surface area contributed by atoms with E-state index in [1.165, 1.54) is 12.4 Å². The van der Waals surface area contributed by atoms with Crippen LogP contribution in [0, 0.1) is 0 Å². The lowest BCUT2D eigenvalue weighted by Crippen LogP contribution is -2.54. The molecule has 0 radical (unpaired) electrons. The number of carbonyl (C=O) groups is 1. The largest absolute Gasteiger partial charge is 0.339 e. The van der Waals surface area contributed by atoms with Crippen LogP contribution in [0.1, 0.15) is 25.2 Å². The van der Waals surface area contributed by atoms with Crippen molar-refractivity contribution < 1.29 is 13.6 Å². The Hall–Kier alpha value is -1.54. The summed E-state index contributed by atoms with van der Waals surface area (Å²) >= 11 is 0. The topological polar surface area (TPSA) is 67.4 Å². The molecule has 1 aromatic rings. The minimum absolute atomic E-state index is 0.0243. The summed E-state index contributed by atoms with van der Waals surface area (Å²) in [6.07, 6.45) is 4.19. The van der Waals surface area contributed by atoms with Gasteiger partial charge in [0.1, 0.15) is 5.82 Å². The molecule has 1 aromatic heterocycles. The van der Waals surface area contributed by atoms with Gasteiger partial charge in [0.2, 0.25) is 5.91 Å². The van der Waals surface area contributed by atoms with Gasteiger partial charge < -0.3 is 10.6 Å². The lowest BCUT2D eigenvalue weighted by Gasteiger charge is -2.35. The average Bonchev–Trinajstić information content (AvgIpc) is 3.04. The molecule has 1 amide bonds. The van der Waals surface area contributed by atoms with Crippen LogP contribution in [0.5, 0.6) is 0 Å². The predicted octanol–water partition coefficient (Wildman–Crippen LogP) is 0.414. The number of alkyl halides is 2. The Bertz CT molecular complexity index is 520. The summed E-state index contributed by atoms with van der Waals surface area (Å²) in [5.74, 6) is 0.374. The first-order valence-electron chi connectivity index (χ1n) is 7.10. The minimum atomic E-state index is -2.57. The lowest BCUT2D eigenvalue weighted by atomic mass is 10.2. The summed E-state index contributed by atoms with van der Waals surface area (Å²) in [5, 5.41) is 0. The molecular weight excluding hydrogens is 280 g/mol. The number of imidazole rings is 1. The van der Waals surface area contributed by atoms with Crippen LogP contribution in [0.2, 0.25) is 0 Å². The zero-order chi connectivity index (χ0) is 15.0. The Morgan fingerprint density at radius 3 is 2.57 bits per heavy atom. The molecule has 2 N–H and O–H groups in total. The van der Waals surface area contributed by atoms with Gasteiger partial charge in [-0.3, -0.25) is 14.3 Å². The second kappa shape index (κ2) is 5.34. The van der Waals surface area contributed by atoms with Gasteiger partial charge in [0.15, 0.2) is 0 Å². The predicted molar refractivity (Wildman–Crippen MR) is 71.5 cm³/mol. The number of carbonyl (C=O) groups excluding carboxylic acids is 1. The SMILES string of the molecule is NC1(C(=O)N2CCN(Cc3nccn3C(F)F)CC2)CC1. The number of hydrogen-bond donors (Lipinski definition) is 1. The Balaban J connectivity index is 1.54. The maximum Gasteiger partial charge on any atom is 0.319 e. The van der Waals surface area contributed by atoms with E-state index < -0.39 is 12.1 Å². The summed E-state index contributed by atoms with van der Waals surface area (Å²) in [6, 6.07) is 0. The van der Waals surface area contributed by atoms with Gasteiger partial charge in [0.25, 0.3) is 0 Å². The molecule has 0 aromatic carbocycles. The van der Waals surface area contributed by atoms with Gasteiger partial charge in [-0.1, -0.05) is 0 Å². The minimum Gasteiger partial charge on any atom is -0.339 e. The van der Waals surface area contributed by atoms with Crippen molar-refractivity contribution in [2.75, 3.05) is 26.2 Å². The number of hydrogen-bond acceptors (Lipinski definition) is 4. The molecule has 2 aliphatic rings. The van der Waals surface area contributed by atoms with Gasteiger partial charge in [-0.15, -0.1) is 0 Å². The molecule has 1 saturated carbocycles. The van der Waals surface area contributed by atoms with E-state index in [2.05, 4.69) is 4.98 Å². The zero-order valence-electron chi connectivity index (χ0n) is 11.7. The van der Waals surface area contributed by atoms with Gasteiger partial charge in [-0.25, -0.2) is 4.98 Å². The number of halogens is 2. The van der Waals surface area contributed by atoms with Gasteiger partial charge in [-0.2, -0.15) is 8.78 Å². The number of aromatic nitrogens is 2. The van der Waals surface area contributed by atoms with E-state index in [0.717, 1.165) is 17.4 Å². The van der Waals surface area contributed by atoms with Crippen molar-refractivity contribution in [1.82, 2.24) is 19.4 Å². The molecule has 116 valence electrons. The number of piperazine rings is 1. The molecular formula is C13H19F2N5O. The quantitative estimate of drug-likeness (QED) is 0.874. The second-order valence-corrected chi connectivity index (χ2v) is 5.75. The van der Waals surface area contributed by atoms with Crippen molar-refractivity contribution in [3.05, 3.63) is 18.2 Å². The van der Waals surface area contributed by atoms with Crippen LogP contribution in [0.15, 0.2) is 12.4 Å². The normalized spacial score (nSPS) is 21.8. The van der Waals surface area contributed by atoms with E-state index in [0.29, 0.717) is 38.5 Å². The van der Waals surface area contributed by atoms with Crippen LogP contribution in [0.25, 0.3) is 0 Å². The summed E-state index contributed by atoms with van der Waals surface area (Å²) in [6.45, 7) is 0.279. The molecule has 1 saturated heterocycles. The van der Waals surface area contributed by atoms with E-state index in [4.69, 9.17) is 5.73 Å². The van der Waals surface area contributed by atoms with E-state index in [1.54, 1.807) is 4.90 Å². The van der Waals surface area contributed by atoms with Crippen LogP contribution in [-0.4, -0.2) is 57.0 Å². The number of amides is 1. The molecule has 2 heterocycles. The van der Waals surface area contributed by atoms with Crippen molar-refractivity contribution in [1.29, 1.82) is 0 Å². The van der Waals surface area contributed by atoms with Crippen molar-refractivity contribution in [2.24, 2.45) is 5.73 Å². The molecule has 1 aliphatic heterocycles. The van der Waals surface area contributed by atoms with Crippen molar-refractivity contribution in [3.8, 4) is 0 Å². The van der Waals surface area contributed by atoms with E-state index >= 15 is 0 Å². The average molecular weight is 299 g/mol. The van der Waals surface area contributed by atoms with Crippen molar-refractivity contribution in [2.45, 2.75) is 31.5 Å². The molecule has 2 fully saturated rings. The number of rotatable bonds is 4. The second-order valence-electron chi connectivity index (χ2n) is 5.75. The highest BCUT2D eigenvalue weighted by molar-refractivity contribution is 5.89. The third-order valence-corrected chi connectivity index (χ3v) is 4.20. The highest BCUT2D eigenvalue weighted by atomic mass is 19.3. The molecule has 1 aliphatic carbocycles. The van der Waals surface area contributed by atoms with E-state index in [9.17, 15) is 13.6 Å². The van der Waals surface area contributed by atoms with Crippen LogP contribution in [0.3, 0.4) is 0 Å². The third-order valence-electron chi connectivity index (χ3n) is 4.20. The summed E-state index contributed by atoms with van der Waals surface area (Å²) in [4.78, 5) is 19.9. The van der Waals surface area contributed by atoms with Crippen molar-refractivity contribution >= 4 is 5.91 Å². The molecule has 8 heteroatoms. The zero-order valence-corrected chi connectivity index (χ0v) is 11.7. The third kappa shape index (κ3) is 2.91. The van der Waals surface area contributed by atoms with Crippen LogP contribution < -0.4 is 5.73 Å². The fourth-order valence-corrected chi connectivity index (χ4v) is 2.62. The Labute approximate surface area is 121 Å². The molecule has 3 rings (SSSR count). The first kappa shape index (κ1) is 14.4.